The van der Waals surface area contributed by atoms with E-state index in [1.165, 1.54) is 18.0 Å². The molecular weight excluding hydrogens is 355 g/mol. The summed E-state index contributed by atoms with van der Waals surface area (Å²) >= 11 is 13.2. The summed E-state index contributed by atoms with van der Waals surface area (Å²) in [5, 5.41) is 4.08. The quantitative estimate of drug-likeness (QED) is 0.672. The number of H-pyrrole nitrogens is 1. The molecule has 0 fully saturated rings. The molecule has 5 nitrogen and oxygen atoms in total. The Kier molecular flexibility index (Phi) is 4.75. The van der Waals surface area contributed by atoms with Gasteiger partial charge in [0.05, 0.1) is 26.5 Å². The van der Waals surface area contributed by atoms with E-state index in [1.807, 2.05) is 12.1 Å². The standard InChI is InChI=1S/C15H12Cl2N4OS/c1-8(14(22)19-11-5-3-2-4-10(11)17)23-15-20-12-6-9(16)7-18-13(12)21-15/h2-8H,1H3,(H,19,22)(H,18,20,21)/t8-/m0/s1. The monoisotopic (exact) mass is 366 g/mol. The van der Waals surface area contributed by atoms with Crippen LogP contribution < -0.4 is 5.32 Å². The van der Waals surface area contributed by atoms with Crippen molar-refractivity contribution in [2.24, 2.45) is 0 Å². The first-order valence-corrected chi connectivity index (χ1v) is 8.40. The van der Waals surface area contributed by atoms with Gasteiger partial charge in [0.15, 0.2) is 10.8 Å². The van der Waals surface area contributed by atoms with Crippen LogP contribution in [0.3, 0.4) is 0 Å². The Balaban J connectivity index is 1.71. The second-order valence-electron chi connectivity index (χ2n) is 4.80. The number of hydrogen-bond acceptors (Lipinski definition) is 4. The van der Waals surface area contributed by atoms with Gasteiger partial charge >= 0.3 is 0 Å². The zero-order chi connectivity index (χ0) is 16.4. The predicted octanol–water partition coefficient (Wildman–Crippen LogP) is 4.38. The fourth-order valence-corrected chi connectivity index (χ4v) is 3.08. The number of pyridine rings is 1. The lowest BCUT2D eigenvalue weighted by Crippen LogP contribution is -2.22. The number of thioether (sulfide) groups is 1. The summed E-state index contributed by atoms with van der Waals surface area (Å²) in [5.74, 6) is -0.158. The van der Waals surface area contributed by atoms with E-state index >= 15 is 0 Å². The molecule has 23 heavy (non-hydrogen) atoms. The molecule has 1 amide bonds. The molecule has 0 aliphatic carbocycles. The van der Waals surface area contributed by atoms with Crippen LogP contribution in [0.4, 0.5) is 5.69 Å². The number of rotatable bonds is 4. The molecule has 1 atom stereocenters. The number of imidazole rings is 1. The third-order valence-corrected chi connectivity index (χ3v) is 4.59. The maximum atomic E-state index is 12.3. The highest BCUT2D eigenvalue weighted by Gasteiger charge is 2.18. The summed E-state index contributed by atoms with van der Waals surface area (Å²) in [6.45, 7) is 1.80. The summed E-state index contributed by atoms with van der Waals surface area (Å²) in [7, 11) is 0. The average Bonchev–Trinajstić information content (AvgIpc) is 2.90. The van der Waals surface area contributed by atoms with Crippen LogP contribution in [0.2, 0.25) is 10.0 Å². The third kappa shape index (κ3) is 3.77. The van der Waals surface area contributed by atoms with Crippen molar-refractivity contribution in [3.05, 3.63) is 46.6 Å². The second-order valence-corrected chi connectivity index (χ2v) is 6.97. The summed E-state index contributed by atoms with van der Waals surface area (Å²) in [6, 6.07) is 8.85. The number of amides is 1. The van der Waals surface area contributed by atoms with Gasteiger partial charge in [-0.15, -0.1) is 0 Å². The molecule has 0 bridgehead atoms. The summed E-state index contributed by atoms with van der Waals surface area (Å²) in [4.78, 5) is 23.8. The molecule has 0 saturated heterocycles. The topological polar surface area (TPSA) is 70.7 Å². The number of anilines is 1. The highest BCUT2D eigenvalue weighted by molar-refractivity contribution is 8.00. The van der Waals surface area contributed by atoms with Gasteiger partial charge in [-0.25, -0.2) is 9.97 Å². The fourth-order valence-electron chi connectivity index (χ4n) is 1.93. The van der Waals surface area contributed by atoms with Gasteiger partial charge in [0.2, 0.25) is 5.91 Å². The van der Waals surface area contributed by atoms with Crippen molar-refractivity contribution < 1.29 is 4.79 Å². The number of hydrogen-bond donors (Lipinski definition) is 2. The molecule has 0 spiro atoms. The van der Waals surface area contributed by atoms with Gasteiger partial charge in [-0.05, 0) is 25.1 Å². The maximum absolute atomic E-state index is 12.3. The Morgan fingerprint density at radius 3 is 2.91 bits per heavy atom. The van der Waals surface area contributed by atoms with Gasteiger partial charge < -0.3 is 10.3 Å². The van der Waals surface area contributed by atoms with Crippen molar-refractivity contribution in [2.45, 2.75) is 17.3 Å². The Labute approximate surface area is 146 Å². The minimum Gasteiger partial charge on any atom is -0.331 e. The number of aromatic nitrogens is 3. The number of halogens is 2. The number of aromatic amines is 1. The lowest BCUT2D eigenvalue weighted by atomic mass is 10.3. The lowest BCUT2D eigenvalue weighted by molar-refractivity contribution is -0.115. The van der Waals surface area contributed by atoms with E-state index in [1.54, 1.807) is 25.1 Å². The predicted molar refractivity (Wildman–Crippen MR) is 94.3 cm³/mol. The molecule has 2 N–H and O–H groups in total. The van der Waals surface area contributed by atoms with Gasteiger partial charge in [-0.2, -0.15) is 0 Å². The number of carbonyl (C=O) groups excluding carboxylic acids is 1. The summed E-state index contributed by atoms with van der Waals surface area (Å²) in [6.07, 6.45) is 1.53. The van der Waals surface area contributed by atoms with Crippen LogP contribution in [-0.2, 0) is 4.79 Å². The minimum atomic E-state index is -0.359. The number of carbonyl (C=O) groups is 1. The van der Waals surface area contributed by atoms with Gasteiger partial charge in [0.25, 0.3) is 0 Å². The van der Waals surface area contributed by atoms with Crippen LogP contribution >= 0.6 is 35.0 Å². The molecule has 0 radical (unpaired) electrons. The Hall–Kier alpha value is -1.76. The van der Waals surface area contributed by atoms with Crippen molar-refractivity contribution in [3.8, 4) is 0 Å². The van der Waals surface area contributed by atoms with E-state index in [2.05, 4.69) is 20.3 Å². The van der Waals surface area contributed by atoms with Gasteiger partial charge in [0, 0.05) is 6.20 Å². The van der Waals surface area contributed by atoms with Crippen molar-refractivity contribution in [1.82, 2.24) is 15.0 Å². The summed E-state index contributed by atoms with van der Waals surface area (Å²) < 4.78 is 0. The highest BCUT2D eigenvalue weighted by Crippen LogP contribution is 2.26. The average molecular weight is 367 g/mol. The summed E-state index contributed by atoms with van der Waals surface area (Å²) in [5.41, 5.74) is 1.89. The van der Waals surface area contributed by atoms with E-state index in [0.29, 0.717) is 26.5 Å². The molecule has 118 valence electrons. The number of para-hydroxylation sites is 1. The van der Waals surface area contributed by atoms with Crippen LogP contribution in [-0.4, -0.2) is 26.1 Å². The molecule has 0 unspecified atom stereocenters. The van der Waals surface area contributed by atoms with E-state index in [9.17, 15) is 4.79 Å². The van der Waals surface area contributed by atoms with Crippen molar-refractivity contribution in [2.75, 3.05) is 5.32 Å². The molecule has 8 heteroatoms. The van der Waals surface area contributed by atoms with Gasteiger partial charge in [0.1, 0.15) is 0 Å². The Morgan fingerprint density at radius 2 is 2.13 bits per heavy atom. The molecule has 0 saturated carbocycles. The van der Waals surface area contributed by atoms with Crippen LogP contribution in [0.5, 0.6) is 0 Å². The zero-order valence-electron chi connectivity index (χ0n) is 12.0. The molecule has 3 aromatic rings. The molecule has 0 aliphatic rings. The number of nitrogens with one attached hydrogen (secondary N) is 2. The van der Waals surface area contributed by atoms with Crippen LogP contribution in [0.15, 0.2) is 41.7 Å². The first kappa shape index (κ1) is 16.1. The number of nitrogens with zero attached hydrogens (tertiary/aromatic N) is 2. The van der Waals surface area contributed by atoms with E-state index in [0.717, 1.165) is 5.52 Å². The molecule has 0 aliphatic heterocycles. The van der Waals surface area contributed by atoms with Gasteiger partial charge in [-0.1, -0.05) is 47.1 Å². The first-order valence-electron chi connectivity index (χ1n) is 6.76. The van der Waals surface area contributed by atoms with Crippen LogP contribution in [0.1, 0.15) is 6.92 Å². The lowest BCUT2D eigenvalue weighted by Gasteiger charge is -2.11. The molecule has 1 aromatic carbocycles. The molecule has 2 heterocycles. The Morgan fingerprint density at radius 1 is 1.35 bits per heavy atom. The zero-order valence-corrected chi connectivity index (χ0v) is 14.3. The minimum absolute atomic E-state index is 0.158. The Bertz CT molecular complexity index is 868. The fraction of sp³-hybridized carbons (Fsp3) is 0.133. The number of fused-ring (bicyclic) bond motifs is 1. The van der Waals surface area contributed by atoms with Crippen molar-refractivity contribution in [1.29, 1.82) is 0 Å². The van der Waals surface area contributed by atoms with Crippen molar-refractivity contribution in [3.63, 3.8) is 0 Å². The van der Waals surface area contributed by atoms with Crippen LogP contribution in [0, 0.1) is 0 Å². The number of benzene rings is 1. The third-order valence-electron chi connectivity index (χ3n) is 3.07. The maximum Gasteiger partial charge on any atom is 0.237 e. The second kappa shape index (κ2) is 6.78. The van der Waals surface area contributed by atoms with E-state index in [4.69, 9.17) is 23.2 Å². The van der Waals surface area contributed by atoms with E-state index < -0.39 is 0 Å². The largest absolute Gasteiger partial charge is 0.331 e. The van der Waals surface area contributed by atoms with Gasteiger partial charge in [-0.3, -0.25) is 4.79 Å². The normalized spacial score (nSPS) is 12.3. The molecule has 3 rings (SSSR count). The highest BCUT2D eigenvalue weighted by atomic mass is 35.5. The molecule has 2 aromatic heterocycles. The van der Waals surface area contributed by atoms with Crippen molar-refractivity contribution >= 4 is 57.7 Å². The SMILES string of the molecule is C[C@H](Sc1nc2ncc(Cl)cc2[nH]1)C(=O)Nc1ccccc1Cl. The first-order chi connectivity index (χ1) is 11.0. The molecular formula is C15H12Cl2N4OS. The van der Waals surface area contributed by atoms with E-state index in [-0.39, 0.29) is 11.2 Å². The van der Waals surface area contributed by atoms with Crippen LogP contribution in [0.25, 0.3) is 11.2 Å². The smallest absolute Gasteiger partial charge is 0.237 e.